The van der Waals surface area contributed by atoms with Crippen molar-refractivity contribution < 1.29 is 4.74 Å². The highest BCUT2D eigenvalue weighted by molar-refractivity contribution is 7.22. The number of ether oxygens (including phenoxy) is 1. The summed E-state index contributed by atoms with van der Waals surface area (Å²) in [5.74, 6) is 1.00. The predicted octanol–water partition coefficient (Wildman–Crippen LogP) is 2.95. The van der Waals surface area contributed by atoms with Crippen molar-refractivity contribution in [2.24, 2.45) is 5.92 Å². The zero-order valence-corrected chi connectivity index (χ0v) is 12.1. The van der Waals surface area contributed by atoms with E-state index in [0.29, 0.717) is 0 Å². The van der Waals surface area contributed by atoms with Gasteiger partial charge in [-0.05, 0) is 15.8 Å². The minimum atomic E-state index is -0.820. The summed E-state index contributed by atoms with van der Waals surface area (Å²) >= 11 is 1.94. The van der Waals surface area contributed by atoms with Crippen LogP contribution in [0.1, 0.15) is 32.1 Å². The third-order valence-electron chi connectivity index (χ3n) is 3.66. The first-order valence-electron chi connectivity index (χ1n) is 6.42. The topological polar surface area (TPSA) is 9.23 Å². The third kappa shape index (κ3) is 3.44. The van der Waals surface area contributed by atoms with Gasteiger partial charge in [0.15, 0.2) is 0 Å². The van der Waals surface area contributed by atoms with Gasteiger partial charge in [-0.2, -0.15) is 11.3 Å². The Hall–Kier alpha value is -0.123. The van der Waals surface area contributed by atoms with Crippen LogP contribution in [0.3, 0.4) is 0 Å². The van der Waals surface area contributed by atoms with Crippen molar-refractivity contribution in [2.75, 3.05) is 13.3 Å². The molecule has 1 heterocycles. The fourth-order valence-electron chi connectivity index (χ4n) is 2.82. The second kappa shape index (κ2) is 6.57. The number of hydrogen-bond acceptors (Lipinski definition) is 2. The Bertz CT molecular complexity index is 280. The second-order valence-corrected chi connectivity index (χ2v) is 9.13. The van der Waals surface area contributed by atoms with Crippen molar-refractivity contribution in [1.82, 2.24) is 0 Å². The molecule has 0 amide bonds. The summed E-state index contributed by atoms with van der Waals surface area (Å²) < 4.78 is 7.08. The molecule has 1 atom stereocenters. The van der Waals surface area contributed by atoms with E-state index < -0.39 is 8.80 Å². The van der Waals surface area contributed by atoms with Gasteiger partial charge in [-0.15, -0.1) is 0 Å². The summed E-state index contributed by atoms with van der Waals surface area (Å²) in [6, 6.07) is 5.98. The molecule has 2 rings (SSSR count). The summed E-state index contributed by atoms with van der Waals surface area (Å²) in [7, 11) is 1.04. The summed E-state index contributed by atoms with van der Waals surface area (Å²) in [6.07, 6.45) is 8.35. The maximum absolute atomic E-state index is 5.44. The van der Waals surface area contributed by atoms with Crippen LogP contribution in [0.25, 0.3) is 0 Å². The van der Waals surface area contributed by atoms with Gasteiger partial charge in [0.05, 0.1) is 0 Å². The molecule has 16 heavy (non-hydrogen) atoms. The van der Waals surface area contributed by atoms with Crippen molar-refractivity contribution in [3.63, 3.8) is 0 Å². The maximum Gasteiger partial charge on any atom is 0.113 e. The molecule has 1 nitrogen and oxygen atoms in total. The molecule has 0 aromatic carbocycles. The van der Waals surface area contributed by atoms with Crippen LogP contribution in [0, 0.1) is 5.92 Å². The molecule has 0 radical (unpaired) electrons. The van der Waals surface area contributed by atoms with Gasteiger partial charge in [0.2, 0.25) is 0 Å². The molecule has 1 fully saturated rings. The number of thiophene rings is 1. The Labute approximate surface area is 104 Å². The highest BCUT2D eigenvalue weighted by Gasteiger charge is 2.22. The highest BCUT2D eigenvalue weighted by atomic mass is 32.1. The molecule has 0 spiro atoms. The minimum Gasteiger partial charge on any atom is -0.388 e. The Morgan fingerprint density at radius 3 is 2.81 bits per heavy atom. The summed E-state index contributed by atoms with van der Waals surface area (Å²) in [4.78, 5) is 0. The highest BCUT2D eigenvalue weighted by Crippen LogP contribution is 2.28. The quantitative estimate of drug-likeness (QED) is 0.734. The molecule has 0 aliphatic heterocycles. The normalized spacial score (nSPS) is 19.8. The molecule has 0 bridgehead atoms. The van der Waals surface area contributed by atoms with Crippen LogP contribution in [0.4, 0.5) is 0 Å². The molecule has 1 aliphatic carbocycles. The maximum atomic E-state index is 5.44. The van der Waals surface area contributed by atoms with E-state index in [-0.39, 0.29) is 0 Å². The van der Waals surface area contributed by atoms with Crippen LogP contribution >= 0.6 is 11.3 Å². The fourth-order valence-corrected chi connectivity index (χ4v) is 7.38. The smallest absolute Gasteiger partial charge is 0.113 e. The summed E-state index contributed by atoms with van der Waals surface area (Å²) in [5.41, 5.74) is 0. The third-order valence-corrected chi connectivity index (χ3v) is 8.73. The average Bonchev–Trinajstić information content (AvgIpc) is 2.83. The summed E-state index contributed by atoms with van der Waals surface area (Å²) in [6.45, 7) is 0. The van der Waals surface area contributed by atoms with Gasteiger partial charge in [0.25, 0.3) is 0 Å². The van der Waals surface area contributed by atoms with Gasteiger partial charge in [0, 0.05) is 13.3 Å². The SMILES string of the molecule is COC[SiH](CC1CCCCC1)c1cccs1. The molecule has 1 aliphatic rings. The van der Waals surface area contributed by atoms with Gasteiger partial charge in [-0.25, -0.2) is 0 Å². The average molecular weight is 254 g/mol. The predicted molar refractivity (Wildman–Crippen MR) is 74.4 cm³/mol. The molecule has 0 N–H and O–H groups in total. The molecule has 1 aromatic heterocycles. The van der Waals surface area contributed by atoms with E-state index in [9.17, 15) is 0 Å². The second-order valence-electron chi connectivity index (χ2n) is 4.91. The monoisotopic (exact) mass is 254 g/mol. The van der Waals surface area contributed by atoms with Crippen LogP contribution in [0.5, 0.6) is 0 Å². The lowest BCUT2D eigenvalue weighted by atomic mass is 9.91. The van der Waals surface area contributed by atoms with Gasteiger partial charge in [-0.1, -0.05) is 50.3 Å². The first-order chi connectivity index (χ1) is 7.90. The van der Waals surface area contributed by atoms with E-state index >= 15 is 0 Å². The number of methoxy groups -OCH3 is 1. The van der Waals surface area contributed by atoms with Crippen LogP contribution in [0.2, 0.25) is 6.04 Å². The molecular formula is C13H22OSSi. The van der Waals surface area contributed by atoms with Crippen LogP contribution in [-0.2, 0) is 4.74 Å². The standard InChI is InChI=1S/C13H22OSSi/c1-14-11-16(13-8-5-9-15-13)10-12-6-3-2-4-7-12/h5,8-9,12,16H,2-4,6-7,10-11H2,1H3. The molecule has 3 heteroatoms. The van der Waals surface area contributed by atoms with Crippen molar-refractivity contribution in [1.29, 1.82) is 0 Å². The molecule has 90 valence electrons. The first-order valence-corrected chi connectivity index (χ1v) is 9.51. The van der Waals surface area contributed by atoms with E-state index in [0.717, 1.165) is 12.1 Å². The van der Waals surface area contributed by atoms with Gasteiger partial charge < -0.3 is 4.74 Å². The fraction of sp³-hybridized carbons (Fsp3) is 0.692. The van der Waals surface area contributed by atoms with E-state index in [1.165, 1.54) is 38.1 Å². The van der Waals surface area contributed by atoms with Crippen molar-refractivity contribution in [2.45, 2.75) is 38.1 Å². The van der Waals surface area contributed by atoms with Crippen LogP contribution in [0.15, 0.2) is 17.5 Å². The summed E-state index contributed by atoms with van der Waals surface area (Å²) in [5, 5.41) is 2.21. The van der Waals surface area contributed by atoms with E-state index in [2.05, 4.69) is 17.5 Å². The Kier molecular flexibility index (Phi) is 5.07. The Balaban J connectivity index is 1.91. The van der Waals surface area contributed by atoms with Gasteiger partial charge >= 0.3 is 0 Å². The first kappa shape index (κ1) is 12.3. The van der Waals surface area contributed by atoms with E-state index in [1.54, 1.807) is 4.50 Å². The molecule has 1 saturated carbocycles. The van der Waals surface area contributed by atoms with Crippen LogP contribution in [-0.4, -0.2) is 22.1 Å². The number of rotatable bonds is 5. The lowest BCUT2D eigenvalue weighted by molar-refractivity contribution is 0.248. The van der Waals surface area contributed by atoms with E-state index in [1.807, 2.05) is 18.4 Å². The minimum absolute atomic E-state index is 0.820. The van der Waals surface area contributed by atoms with E-state index in [4.69, 9.17) is 4.74 Å². The molecule has 1 unspecified atom stereocenters. The largest absolute Gasteiger partial charge is 0.388 e. The lowest BCUT2D eigenvalue weighted by Gasteiger charge is -2.24. The lowest BCUT2D eigenvalue weighted by Crippen LogP contribution is -2.35. The molecule has 1 aromatic rings. The van der Waals surface area contributed by atoms with Crippen LogP contribution < -0.4 is 4.50 Å². The van der Waals surface area contributed by atoms with Crippen molar-refractivity contribution >= 4 is 24.6 Å². The zero-order valence-electron chi connectivity index (χ0n) is 10.2. The van der Waals surface area contributed by atoms with Gasteiger partial charge in [-0.3, -0.25) is 0 Å². The van der Waals surface area contributed by atoms with Gasteiger partial charge in [0.1, 0.15) is 8.80 Å². The zero-order chi connectivity index (χ0) is 11.2. The Morgan fingerprint density at radius 1 is 1.38 bits per heavy atom. The van der Waals surface area contributed by atoms with Crippen molar-refractivity contribution in [3.05, 3.63) is 17.5 Å². The molecular weight excluding hydrogens is 232 g/mol. The Morgan fingerprint density at radius 2 is 2.19 bits per heavy atom. The molecule has 0 saturated heterocycles. The number of hydrogen-bond donors (Lipinski definition) is 0. The van der Waals surface area contributed by atoms with Crippen molar-refractivity contribution in [3.8, 4) is 0 Å².